The molecule has 0 spiro atoms. The van der Waals surface area contributed by atoms with E-state index < -0.39 is 11.6 Å². The Morgan fingerprint density at radius 2 is 1.70 bits per heavy atom. The molecule has 23 heavy (non-hydrogen) atoms. The maximum atomic E-state index is 13.3. The molecule has 0 aromatic heterocycles. The molecule has 2 aromatic rings. The lowest BCUT2D eigenvalue weighted by Crippen LogP contribution is -2.14. The van der Waals surface area contributed by atoms with E-state index in [1.54, 1.807) is 6.34 Å². The van der Waals surface area contributed by atoms with Gasteiger partial charge in [-0.15, -0.1) is 0 Å². The molecule has 2 rings (SSSR count). The molecule has 0 saturated carbocycles. The van der Waals surface area contributed by atoms with Gasteiger partial charge in [0.25, 0.3) is 0 Å². The van der Waals surface area contributed by atoms with Crippen LogP contribution in [-0.4, -0.2) is 24.8 Å². The van der Waals surface area contributed by atoms with Gasteiger partial charge in [0.2, 0.25) is 0 Å². The normalized spacial score (nSPS) is 11.0. The summed E-state index contributed by atoms with van der Waals surface area (Å²) in [5.41, 5.74) is 3.99. The van der Waals surface area contributed by atoms with Crippen LogP contribution in [0.25, 0.3) is 0 Å². The lowest BCUT2D eigenvalue weighted by molar-refractivity contribution is 0.552. The molecule has 2 aromatic carbocycles. The number of benzene rings is 2. The number of halogens is 2. The Kier molecular flexibility index (Phi) is 5.32. The molecule has 0 atom stereocenters. The average Bonchev–Trinajstić information content (AvgIpc) is 2.47. The molecule has 0 heterocycles. The zero-order valence-electron chi connectivity index (χ0n) is 13.8. The van der Waals surface area contributed by atoms with Crippen LogP contribution in [0.3, 0.4) is 0 Å². The fourth-order valence-corrected chi connectivity index (χ4v) is 2.10. The molecule has 0 aliphatic carbocycles. The lowest BCUT2D eigenvalue weighted by Gasteiger charge is -2.13. The number of hydrogen-bond acceptors (Lipinski definition) is 2. The summed E-state index contributed by atoms with van der Waals surface area (Å²) in [6, 6.07) is 7.26. The zero-order valence-corrected chi connectivity index (χ0v) is 13.8. The highest BCUT2D eigenvalue weighted by molar-refractivity contribution is 5.70. The van der Waals surface area contributed by atoms with Gasteiger partial charge in [0.05, 0.1) is 12.0 Å². The van der Waals surface area contributed by atoms with Crippen molar-refractivity contribution in [3.63, 3.8) is 0 Å². The second-order valence-corrected chi connectivity index (χ2v) is 5.55. The van der Waals surface area contributed by atoms with Gasteiger partial charge in [0, 0.05) is 31.0 Å². The fourth-order valence-electron chi connectivity index (χ4n) is 2.10. The molecule has 122 valence electrons. The van der Waals surface area contributed by atoms with Crippen molar-refractivity contribution >= 4 is 23.4 Å². The molecular formula is C18H21F2N3. The van der Waals surface area contributed by atoms with Crippen molar-refractivity contribution in [2.24, 2.45) is 4.99 Å². The predicted octanol–water partition coefficient (Wildman–Crippen LogP) is 4.94. The van der Waals surface area contributed by atoms with Crippen LogP contribution in [0, 0.1) is 25.5 Å². The Morgan fingerprint density at radius 3 is 2.30 bits per heavy atom. The van der Waals surface area contributed by atoms with Gasteiger partial charge >= 0.3 is 0 Å². The summed E-state index contributed by atoms with van der Waals surface area (Å²) in [6.07, 6.45) is 1.79. The van der Waals surface area contributed by atoms with Crippen molar-refractivity contribution < 1.29 is 8.78 Å². The standard InChI is InChI=1S/C18H21F2N3/c1-5-23(4)11-21-17-6-13(3)18(7-12(17)2)22-16-9-14(19)8-15(20)10-16/h6-11,22H,5H2,1-4H3. The van der Waals surface area contributed by atoms with E-state index in [2.05, 4.69) is 17.2 Å². The molecule has 0 aliphatic heterocycles. The number of nitrogens with zero attached hydrogens (tertiary/aromatic N) is 2. The highest BCUT2D eigenvalue weighted by atomic mass is 19.1. The van der Waals surface area contributed by atoms with Crippen molar-refractivity contribution in [1.29, 1.82) is 0 Å². The van der Waals surface area contributed by atoms with Crippen LogP contribution in [0.1, 0.15) is 18.1 Å². The third-order valence-electron chi connectivity index (χ3n) is 3.58. The molecule has 0 fully saturated rings. The van der Waals surface area contributed by atoms with Crippen LogP contribution < -0.4 is 5.32 Å². The largest absolute Gasteiger partial charge is 0.366 e. The Morgan fingerprint density at radius 1 is 1.04 bits per heavy atom. The summed E-state index contributed by atoms with van der Waals surface area (Å²) < 4.78 is 26.6. The number of rotatable bonds is 5. The average molecular weight is 317 g/mol. The van der Waals surface area contributed by atoms with E-state index in [0.717, 1.165) is 35.1 Å². The molecule has 0 amide bonds. The first-order valence-corrected chi connectivity index (χ1v) is 7.48. The van der Waals surface area contributed by atoms with Crippen LogP contribution in [0.2, 0.25) is 0 Å². The van der Waals surface area contributed by atoms with E-state index in [1.807, 2.05) is 37.9 Å². The molecule has 3 nitrogen and oxygen atoms in total. The minimum absolute atomic E-state index is 0.381. The van der Waals surface area contributed by atoms with Gasteiger partial charge < -0.3 is 10.2 Å². The highest BCUT2D eigenvalue weighted by Crippen LogP contribution is 2.29. The summed E-state index contributed by atoms with van der Waals surface area (Å²) in [7, 11) is 1.96. The van der Waals surface area contributed by atoms with Crippen molar-refractivity contribution in [2.45, 2.75) is 20.8 Å². The molecule has 5 heteroatoms. The number of hydrogen-bond donors (Lipinski definition) is 1. The van der Waals surface area contributed by atoms with Gasteiger partial charge in [-0.3, -0.25) is 0 Å². The van der Waals surface area contributed by atoms with Crippen molar-refractivity contribution in [3.05, 3.63) is 53.1 Å². The van der Waals surface area contributed by atoms with Gasteiger partial charge in [-0.05, 0) is 56.2 Å². The Hall–Kier alpha value is -2.43. The Bertz CT molecular complexity index is 706. The lowest BCUT2D eigenvalue weighted by atomic mass is 10.1. The third kappa shape index (κ3) is 4.52. The second kappa shape index (κ2) is 7.22. The van der Waals surface area contributed by atoms with E-state index >= 15 is 0 Å². The van der Waals surface area contributed by atoms with E-state index in [-0.39, 0.29) is 0 Å². The Balaban J connectivity index is 2.27. The summed E-state index contributed by atoms with van der Waals surface area (Å²) >= 11 is 0. The summed E-state index contributed by atoms with van der Waals surface area (Å²) in [4.78, 5) is 6.45. The third-order valence-corrected chi connectivity index (χ3v) is 3.58. The highest BCUT2D eigenvalue weighted by Gasteiger charge is 2.06. The smallest absolute Gasteiger partial charge is 0.128 e. The summed E-state index contributed by atoms with van der Waals surface area (Å²) in [5, 5.41) is 3.06. The molecule has 0 aliphatic rings. The molecular weight excluding hydrogens is 296 g/mol. The van der Waals surface area contributed by atoms with Crippen molar-refractivity contribution in [1.82, 2.24) is 4.90 Å². The van der Waals surface area contributed by atoms with E-state index in [1.165, 1.54) is 12.1 Å². The summed E-state index contributed by atoms with van der Waals surface area (Å²) in [5.74, 6) is -1.21. The zero-order chi connectivity index (χ0) is 17.0. The van der Waals surface area contributed by atoms with Gasteiger partial charge in [-0.2, -0.15) is 0 Å². The van der Waals surface area contributed by atoms with Crippen molar-refractivity contribution in [2.75, 3.05) is 18.9 Å². The first kappa shape index (κ1) is 16.9. The van der Waals surface area contributed by atoms with Crippen LogP contribution >= 0.6 is 0 Å². The minimum atomic E-state index is -0.606. The molecule has 0 unspecified atom stereocenters. The van der Waals surface area contributed by atoms with Crippen LogP contribution in [0.4, 0.5) is 25.8 Å². The van der Waals surface area contributed by atoms with Gasteiger partial charge in [0.15, 0.2) is 0 Å². The topological polar surface area (TPSA) is 27.6 Å². The number of anilines is 2. The first-order valence-electron chi connectivity index (χ1n) is 7.48. The maximum absolute atomic E-state index is 13.3. The molecule has 1 N–H and O–H groups in total. The number of nitrogens with one attached hydrogen (secondary N) is 1. The molecule has 0 radical (unpaired) electrons. The predicted molar refractivity (Wildman–Crippen MR) is 92.0 cm³/mol. The monoisotopic (exact) mass is 317 g/mol. The Labute approximate surface area is 135 Å². The van der Waals surface area contributed by atoms with Crippen LogP contribution in [0.5, 0.6) is 0 Å². The number of aliphatic imine (C=N–C) groups is 1. The quantitative estimate of drug-likeness (QED) is 0.625. The summed E-state index contributed by atoms with van der Waals surface area (Å²) in [6.45, 7) is 6.82. The van der Waals surface area contributed by atoms with E-state index in [9.17, 15) is 8.78 Å². The number of aryl methyl sites for hydroxylation is 2. The molecule has 0 bridgehead atoms. The SMILES string of the molecule is CCN(C)C=Nc1cc(C)c(Nc2cc(F)cc(F)c2)cc1C. The molecule has 0 saturated heterocycles. The van der Waals surface area contributed by atoms with Gasteiger partial charge in [0.1, 0.15) is 11.6 Å². The van der Waals surface area contributed by atoms with Gasteiger partial charge in [-0.25, -0.2) is 13.8 Å². The van der Waals surface area contributed by atoms with Crippen LogP contribution in [-0.2, 0) is 0 Å². The maximum Gasteiger partial charge on any atom is 0.128 e. The van der Waals surface area contributed by atoms with Gasteiger partial charge in [-0.1, -0.05) is 0 Å². The van der Waals surface area contributed by atoms with E-state index in [0.29, 0.717) is 5.69 Å². The minimum Gasteiger partial charge on any atom is -0.366 e. The second-order valence-electron chi connectivity index (χ2n) is 5.55. The van der Waals surface area contributed by atoms with E-state index in [4.69, 9.17) is 0 Å². The van der Waals surface area contributed by atoms with Crippen molar-refractivity contribution in [3.8, 4) is 0 Å². The fraction of sp³-hybridized carbons (Fsp3) is 0.278. The van der Waals surface area contributed by atoms with Crippen LogP contribution in [0.15, 0.2) is 35.3 Å². The first-order chi connectivity index (χ1) is 10.9.